The Hall–Kier alpha value is -6.79. The van der Waals surface area contributed by atoms with Gasteiger partial charge in [0.15, 0.2) is 0 Å². The molecule has 0 atom stereocenters. The van der Waals surface area contributed by atoms with Crippen molar-refractivity contribution in [2.24, 2.45) is 0 Å². The van der Waals surface area contributed by atoms with Gasteiger partial charge < -0.3 is 0 Å². The summed E-state index contributed by atoms with van der Waals surface area (Å²) in [5, 5.41) is 31.9. The maximum absolute atomic E-state index is 3.92. The highest BCUT2D eigenvalue weighted by Gasteiger charge is 1.79. The average molecular weight is 664 g/mol. The molecule has 0 N–H and O–H groups in total. The third-order valence-corrected chi connectivity index (χ3v) is 4.46. The van der Waals surface area contributed by atoms with Gasteiger partial charge >= 0.3 is 0 Å². The summed E-state index contributed by atoms with van der Waals surface area (Å²) < 4.78 is 0. The highest BCUT2D eigenvalue weighted by molar-refractivity contribution is 4.90. The largest absolute Gasteiger partial charge is 0.261 e. The molecule has 0 unspecified atom stereocenters. The summed E-state index contributed by atoms with van der Waals surface area (Å²) in [6.45, 7) is 13.0. The highest BCUT2D eigenvalue weighted by atomic mass is 15.3. The first-order valence-electron chi connectivity index (χ1n) is 14.2. The number of rotatable bonds is 0. The molecular weight excluding hydrogens is 626 g/mol. The molecule has 0 amide bonds. The van der Waals surface area contributed by atoms with Gasteiger partial charge in [-0.25, -0.2) is 39.9 Å². The van der Waals surface area contributed by atoms with Gasteiger partial charge in [-0.2, -0.15) is 15.3 Å². The molecule has 19 heteroatoms. The van der Waals surface area contributed by atoms with Gasteiger partial charge in [-0.3, -0.25) is 9.97 Å². The van der Waals surface area contributed by atoms with Crippen molar-refractivity contribution < 1.29 is 0 Å². The first-order chi connectivity index (χ1) is 23.8. The van der Waals surface area contributed by atoms with E-state index in [-0.39, 0.29) is 0 Å². The third kappa shape index (κ3) is 26.2. The van der Waals surface area contributed by atoms with E-state index in [1.165, 1.54) is 25.3 Å². The lowest BCUT2D eigenvalue weighted by Gasteiger charge is -1.81. The van der Waals surface area contributed by atoms with Crippen molar-refractivity contribution in [2.75, 3.05) is 0 Å². The minimum Gasteiger partial charge on any atom is -0.261 e. The van der Waals surface area contributed by atoms with Crippen molar-refractivity contribution in [3.05, 3.63) is 140 Å². The summed E-state index contributed by atoms with van der Waals surface area (Å²) in [7, 11) is 0. The third-order valence-electron chi connectivity index (χ3n) is 4.46. The lowest BCUT2D eigenvalue weighted by Crippen LogP contribution is -1.85. The normalized spacial score (nSPS) is 8.71. The zero-order valence-corrected chi connectivity index (χ0v) is 28.2. The molecule has 0 aliphatic carbocycles. The zero-order chi connectivity index (χ0) is 35.8. The van der Waals surface area contributed by atoms with Gasteiger partial charge in [-0.1, -0.05) is 0 Å². The van der Waals surface area contributed by atoms with Crippen LogP contribution in [0.25, 0.3) is 0 Å². The van der Waals surface area contributed by atoms with E-state index in [1.54, 1.807) is 81.0 Å². The molecule has 0 aliphatic heterocycles. The summed E-state index contributed by atoms with van der Waals surface area (Å²) in [5.74, 6) is 2.29. The summed E-state index contributed by atoms with van der Waals surface area (Å²) in [6.07, 6.45) is 22.3. The molecular formula is C30H37N19. The van der Waals surface area contributed by atoms with Crippen LogP contribution in [-0.2, 0) is 0 Å². The molecule has 7 heterocycles. The molecule has 0 spiro atoms. The fourth-order valence-corrected chi connectivity index (χ4v) is 2.27. The van der Waals surface area contributed by atoms with Crippen LogP contribution in [0.15, 0.2) is 99.4 Å². The minimum atomic E-state index is 0.711. The smallest absolute Gasteiger partial charge is 0.147 e. The number of nitrogens with zero attached hydrogens (tertiary/aromatic N) is 19. The van der Waals surface area contributed by atoms with E-state index >= 15 is 0 Å². The molecule has 0 fully saturated rings. The van der Waals surface area contributed by atoms with Gasteiger partial charge in [0.2, 0.25) is 0 Å². The van der Waals surface area contributed by atoms with E-state index in [9.17, 15) is 0 Å². The van der Waals surface area contributed by atoms with Crippen molar-refractivity contribution in [3.63, 3.8) is 0 Å². The summed E-state index contributed by atoms with van der Waals surface area (Å²) >= 11 is 0. The lowest BCUT2D eigenvalue weighted by atomic mass is 10.5. The van der Waals surface area contributed by atoms with Crippen LogP contribution in [0.3, 0.4) is 0 Å². The van der Waals surface area contributed by atoms with Crippen molar-refractivity contribution in [1.82, 2.24) is 95.8 Å². The Morgan fingerprint density at radius 3 is 1.31 bits per heavy atom. The minimum absolute atomic E-state index is 0.711. The van der Waals surface area contributed by atoms with Gasteiger partial charge in [-0.15, -0.1) is 25.5 Å². The zero-order valence-electron chi connectivity index (χ0n) is 28.2. The van der Waals surface area contributed by atoms with E-state index in [2.05, 4.69) is 95.8 Å². The topological polar surface area (TPSA) is 245 Å². The van der Waals surface area contributed by atoms with Crippen LogP contribution >= 0.6 is 0 Å². The molecule has 7 aromatic rings. The van der Waals surface area contributed by atoms with Crippen molar-refractivity contribution in [3.8, 4) is 0 Å². The highest BCUT2D eigenvalue weighted by Crippen LogP contribution is 1.82. The molecule has 0 saturated heterocycles. The van der Waals surface area contributed by atoms with Crippen LogP contribution < -0.4 is 0 Å². The van der Waals surface area contributed by atoms with Gasteiger partial charge in [0.1, 0.15) is 42.8 Å². The van der Waals surface area contributed by atoms with E-state index in [4.69, 9.17) is 0 Å². The molecule has 0 aliphatic rings. The molecule has 0 aromatic carbocycles. The maximum atomic E-state index is 3.92. The Labute approximate surface area is 283 Å². The number of aromatic nitrogens is 19. The maximum Gasteiger partial charge on any atom is 0.147 e. The Morgan fingerprint density at radius 1 is 0.347 bits per heavy atom. The lowest BCUT2D eigenvalue weighted by molar-refractivity contribution is 0.839. The molecule has 0 bridgehead atoms. The Balaban J connectivity index is 0.000000286. The van der Waals surface area contributed by atoms with Crippen LogP contribution in [0.1, 0.15) is 40.2 Å². The molecule has 252 valence electrons. The van der Waals surface area contributed by atoms with Crippen molar-refractivity contribution in [2.45, 2.75) is 48.5 Å². The van der Waals surface area contributed by atoms with Crippen LogP contribution in [0.4, 0.5) is 0 Å². The molecule has 0 radical (unpaired) electrons. The molecule has 19 nitrogen and oxygen atoms in total. The predicted molar refractivity (Wildman–Crippen MR) is 176 cm³/mol. The SMILES string of the molecule is Cc1ccnnn1.Cc1cnccn1.Cc1cncnn1.Cc1cnncn1.Cc1ncccn1.Cc1nccnn1.Cc1ncncn1. The summed E-state index contributed by atoms with van der Waals surface area (Å²) in [5.41, 5.74) is 3.61. The monoisotopic (exact) mass is 663 g/mol. The van der Waals surface area contributed by atoms with E-state index in [0.717, 1.165) is 34.4 Å². The molecule has 0 saturated carbocycles. The second-order valence-corrected chi connectivity index (χ2v) is 8.78. The average Bonchev–Trinajstić information content (AvgIpc) is 3.12. The Bertz CT molecular complexity index is 1330. The molecule has 7 aromatic heterocycles. The van der Waals surface area contributed by atoms with Crippen LogP contribution in [0, 0.1) is 48.5 Å². The van der Waals surface area contributed by atoms with Gasteiger partial charge in [0.05, 0.1) is 47.6 Å². The fourth-order valence-electron chi connectivity index (χ4n) is 2.27. The second-order valence-electron chi connectivity index (χ2n) is 8.78. The first kappa shape index (κ1) is 40.2. The van der Waals surface area contributed by atoms with E-state index in [0.29, 0.717) is 5.82 Å². The van der Waals surface area contributed by atoms with Crippen LogP contribution in [0.5, 0.6) is 0 Å². The number of hydrogen-bond acceptors (Lipinski definition) is 19. The van der Waals surface area contributed by atoms with Crippen molar-refractivity contribution >= 4 is 0 Å². The summed E-state index contributed by atoms with van der Waals surface area (Å²) in [4.78, 5) is 37.9. The van der Waals surface area contributed by atoms with Gasteiger partial charge in [0.25, 0.3) is 0 Å². The first-order valence-corrected chi connectivity index (χ1v) is 14.2. The summed E-state index contributed by atoms with van der Waals surface area (Å²) in [6, 6.07) is 3.60. The molecule has 7 rings (SSSR count). The number of aryl methyl sites for hydroxylation is 7. The molecule has 49 heavy (non-hydrogen) atoms. The van der Waals surface area contributed by atoms with Gasteiger partial charge in [-0.05, 0) is 65.8 Å². The van der Waals surface area contributed by atoms with E-state index in [1.807, 2.05) is 41.5 Å². The quantitative estimate of drug-likeness (QED) is 0.226. The Morgan fingerprint density at radius 2 is 1.02 bits per heavy atom. The standard InChI is InChI=1S/2C5H6N2.5C4H5N3/c1-5-4-6-2-3-7-5;1-5-6-3-2-4-7-5;1-4-6-2-5-3-7-4;1-4-2-6-7-3-5-4;1-4-2-5-3-6-7-4;1-4-5-2-3-6-7-4;1-4-2-3-5-7-6-4/h2*2-4H,1H3;5*2-3H,1H3. The fraction of sp³-hybridized carbons (Fsp3) is 0.233. The van der Waals surface area contributed by atoms with E-state index < -0.39 is 0 Å². The van der Waals surface area contributed by atoms with Gasteiger partial charge in [0, 0.05) is 37.2 Å². The van der Waals surface area contributed by atoms with Crippen molar-refractivity contribution in [1.29, 1.82) is 0 Å². The van der Waals surface area contributed by atoms with Crippen LogP contribution in [0.2, 0.25) is 0 Å². The number of hydrogen-bond donors (Lipinski definition) is 0. The second kappa shape index (κ2) is 27.5. The predicted octanol–water partition coefficient (Wildman–Crippen LogP) is 2.47. The van der Waals surface area contributed by atoms with Crippen LogP contribution in [-0.4, -0.2) is 95.8 Å². The Kier molecular flexibility index (Phi) is 22.6.